The minimum atomic E-state index is -0.199. The van der Waals surface area contributed by atoms with Gasteiger partial charge in [0.15, 0.2) is 0 Å². The Balaban J connectivity index is 1.79. The fraction of sp³-hybridized carbons (Fsp3) is 0.471. The zero-order valence-corrected chi connectivity index (χ0v) is 14.1. The fourth-order valence-electron chi connectivity index (χ4n) is 3.14. The van der Waals surface area contributed by atoms with Crippen LogP contribution < -0.4 is 10.6 Å². The molecule has 128 valence electrons. The van der Waals surface area contributed by atoms with E-state index in [1.54, 1.807) is 7.05 Å². The van der Waals surface area contributed by atoms with E-state index in [-0.39, 0.29) is 11.9 Å². The summed E-state index contributed by atoms with van der Waals surface area (Å²) in [4.78, 5) is 30.2. The van der Waals surface area contributed by atoms with E-state index in [1.807, 2.05) is 30.0 Å². The Morgan fingerprint density at radius 3 is 2.71 bits per heavy atom. The van der Waals surface area contributed by atoms with Crippen molar-refractivity contribution in [1.29, 1.82) is 0 Å². The maximum Gasteiger partial charge on any atom is 0.314 e. The van der Waals surface area contributed by atoms with Crippen molar-refractivity contribution in [1.82, 2.24) is 25.1 Å². The molecular weight excluding hydrogens is 306 g/mol. The van der Waals surface area contributed by atoms with E-state index < -0.39 is 0 Å². The van der Waals surface area contributed by atoms with Crippen LogP contribution in [0.1, 0.15) is 29.0 Å². The monoisotopic (exact) mass is 329 g/mol. The first-order valence-electron chi connectivity index (χ1n) is 8.32. The highest BCUT2D eigenvalue weighted by Crippen LogP contribution is 2.20. The van der Waals surface area contributed by atoms with Gasteiger partial charge < -0.3 is 20.1 Å². The molecule has 2 aromatic rings. The van der Waals surface area contributed by atoms with Crippen molar-refractivity contribution in [3.63, 3.8) is 0 Å². The number of aryl methyl sites for hydroxylation is 1. The fourth-order valence-corrected chi connectivity index (χ4v) is 3.14. The lowest BCUT2D eigenvalue weighted by Gasteiger charge is -2.15. The molecule has 1 aromatic heterocycles. The van der Waals surface area contributed by atoms with Gasteiger partial charge in [0.2, 0.25) is 0 Å². The molecular formula is C17H23N5O2. The third-order valence-corrected chi connectivity index (χ3v) is 4.43. The maximum absolute atomic E-state index is 12.5. The van der Waals surface area contributed by atoms with E-state index >= 15 is 0 Å². The molecule has 0 radical (unpaired) electrons. The minimum Gasteiger partial charge on any atom is -0.341 e. The largest absolute Gasteiger partial charge is 0.341 e. The van der Waals surface area contributed by atoms with E-state index in [0.29, 0.717) is 18.7 Å². The average molecular weight is 329 g/mol. The van der Waals surface area contributed by atoms with Gasteiger partial charge in [0.25, 0.3) is 5.91 Å². The Morgan fingerprint density at radius 1 is 1.25 bits per heavy atom. The van der Waals surface area contributed by atoms with E-state index in [1.165, 1.54) is 0 Å². The van der Waals surface area contributed by atoms with Gasteiger partial charge >= 0.3 is 6.03 Å². The van der Waals surface area contributed by atoms with Crippen LogP contribution in [0, 0.1) is 6.92 Å². The maximum atomic E-state index is 12.5. The van der Waals surface area contributed by atoms with Gasteiger partial charge in [-0.15, -0.1) is 0 Å². The lowest BCUT2D eigenvalue weighted by atomic mass is 10.1. The summed E-state index contributed by atoms with van der Waals surface area (Å²) in [6, 6.07) is 5.48. The van der Waals surface area contributed by atoms with Crippen LogP contribution in [-0.2, 0) is 6.54 Å². The molecule has 7 nitrogen and oxygen atoms in total. The van der Waals surface area contributed by atoms with E-state index in [0.717, 1.165) is 42.8 Å². The second kappa shape index (κ2) is 6.90. The Labute approximate surface area is 141 Å². The molecule has 0 unspecified atom stereocenters. The third kappa shape index (κ3) is 3.20. The molecule has 0 spiro atoms. The van der Waals surface area contributed by atoms with Gasteiger partial charge in [-0.05, 0) is 38.0 Å². The number of carbonyl (C=O) groups excluding carboxylic acids is 2. The first kappa shape index (κ1) is 16.3. The van der Waals surface area contributed by atoms with Gasteiger partial charge in [-0.2, -0.15) is 0 Å². The Morgan fingerprint density at radius 2 is 2.00 bits per heavy atom. The number of rotatable bonds is 4. The second-order valence-electron chi connectivity index (χ2n) is 6.02. The number of amides is 3. The molecule has 3 rings (SSSR count). The number of imidazole rings is 1. The number of hydrogen-bond donors (Lipinski definition) is 2. The van der Waals surface area contributed by atoms with Crippen LogP contribution in [-0.4, -0.2) is 53.1 Å². The molecule has 0 saturated carbocycles. The smallest absolute Gasteiger partial charge is 0.314 e. The summed E-state index contributed by atoms with van der Waals surface area (Å²) in [5, 5.41) is 5.30. The standard InChI is InChI=1S/C17H23N5O2/c1-12-20-14-11-13(16(23)21-8-3-4-9-21)5-6-15(14)22(12)10-7-19-17(24)18-2/h5-6,11H,3-4,7-10H2,1-2H3,(H2,18,19,24). The number of likely N-dealkylation sites (tertiary alicyclic amines) is 1. The molecule has 1 saturated heterocycles. The quantitative estimate of drug-likeness (QED) is 0.892. The molecule has 7 heteroatoms. The highest BCUT2D eigenvalue weighted by atomic mass is 16.2. The van der Waals surface area contributed by atoms with Gasteiger partial charge in [-0.25, -0.2) is 9.78 Å². The highest BCUT2D eigenvalue weighted by molar-refractivity contribution is 5.97. The molecule has 2 N–H and O–H groups in total. The summed E-state index contributed by atoms with van der Waals surface area (Å²) < 4.78 is 2.05. The average Bonchev–Trinajstić information content (AvgIpc) is 3.22. The molecule has 3 amide bonds. The lowest BCUT2D eigenvalue weighted by Crippen LogP contribution is -2.34. The summed E-state index contributed by atoms with van der Waals surface area (Å²) >= 11 is 0. The SMILES string of the molecule is CNC(=O)NCCn1c(C)nc2cc(C(=O)N3CCCC3)ccc21. The number of nitrogens with one attached hydrogen (secondary N) is 2. The second-order valence-corrected chi connectivity index (χ2v) is 6.02. The van der Waals surface area contributed by atoms with Crippen molar-refractivity contribution >= 4 is 23.0 Å². The summed E-state index contributed by atoms with van der Waals surface area (Å²) in [6.07, 6.45) is 2.17. The predicted octanol–water partition coefficient (Wildman–Crippen LogP) is 1.51. The number of nitrogens with zero attached hydrogens (tertiary/aromatic N) is 3. The first-order valence-corrected chi connectivity index (χ1v) is 8.32. The molecule has 1 aromatic carbocycles. The van der Waals surface area contributed by atoms with Crippen molar-refractivity contribution in [3.05, 3.63) is 29.6 Å². The van der Waals surface area contributed by atoms with E-state index in [4.69, 9.17) is 0 Å². The molecule has 1 aliphatic heterocycles. The van der Waals surface area contributed by atoms with E-state index in [2.05, 4.69) is 20.2 Å². The summed E-state index contributed by atoms with van der Waals surface area (Å²) in [5.74, 6) is 0.956. The molecule has 1 aliphatic rings. The minimum absolute atomic E-state index is 0.0860. The molecule has 0 bridgehead atoms. The predicted molar refractivity (Wildman–Crippen MR) is 92.1 cm³/mol. The summed E-state index contributed by atoms with van der Waals surface area (Å²) in [5.41, 5.74) is 2.49. The van der Waals surface area contributed by atoms with Crippen LogP contribution in [0.4, 0.5) is 4.79 Å². The van der Waals surface area contributed by atoms with Crippen molar-refractivity contribution in [3.8, 4) is 0 Å². The van der Waals surface area contributed by atoms with Crippen LogP contribution in [0.3, 0.4) is 0 Å². The van der Waals surface area contributed by atoms with Crippen LogP contribution in [0.2, 0.25) is 0 Å². The lowest BCUT2D eigenvalue weighted by molar-refractivity contribution is 0.0793. The number of aromatic nitrogens is 2. The molecule has 24 heavy (non-hydrogen) atoms. The number of fused-ring (bicyclic) bond motifs is 1. The Bertz CT molecular complexity index is 762. The van der Waals surface area contributed by atoms with Gasteiger partial charge in [0.05, 0.1) is 11.0 Å². The van der Waals surface area contributed by atoms with Crippen LogP contribution in [0.5, 0.6) is 0 Å². The number of carbonyl (C=O) groups is 2. The summed E-state index contributed by atoms with van der Waals surface area (Å²) in [7, 11) is 1.59. The van der Waals surface area contributed by atoms with Crippen LogP contribution in [0.25, 0.3) is 11.0 Å². The number of benzene rings is 1. The normalized spacial score (nSPS) is 14.2. The van der Waals surface area contributed by atoms with Crippen molar-refractivity contribution in [2.45, 2.75) is 26.3 Å². The van der Waals surface area contributed by atoms with E-state index in [9.17, 15) is 9.59 Å². The molecule has 2 heterocycles. The zero-order chi connectivity index (χ0) is 17.1. The first-order chi connectivity index (χ1) is 11.6. The van der Waals surface area contributed by atoms with Crippen LogP contribution in [0.15, 0.2) is 18.2 Å². The molecule has 1 fully saturated rings. The van der Waals surface area contributed by atoms with Gasteiger partial charge in [-0.3, -0.25) is 4.79 Å². The van der Waals surface area contributed by atoms with Crippen molar-refractivity contribution in [2.75, 3.05) is 26.7 Å². The van der Waals surface area contributed by atoms with Crippen LogP contribution >= 0.6 is 0 Å². The zero-order valence-electron chi connectivity index (χ0n) is 14.1. The third-order valence-electron chi connectivity index (χ3n) is 4.43. The highest BCUT2D eigenvalue weighted by Gasteiger charge is 2.20. The number of hydrogen-bond acceptors (Lipinski definition) is 3. The van der Waals surface area contributed by atoms with Gasteiger partial charge in [-0.1, -0.05) is 0 Å². The Kier molecular flexibility index (Phi) is 4.69. The van der Waals surface area contributed by atoms with Crippen molar-refractivity contribution < 1.29 is 9.59 Å². The Hall–Kier alpha value is -2.57. The summed E-state index contributed by atoms with van der Waals surface area (Å²) in [6.45, 7) is 4.77. The number of urea groups is 1. The van der Waals surface area contributed by atoms with Gasteiger partial charge in [0, 0.05) is 38.8 Å². The van der Waals surface area contributed by atoms with Crippen molar-refractivity contribution in [2.24, 2.45) is 0 Å². The topological polar surface area (TPSA) is 79.3 Å². The molecule has 0 aliphatic carbocycles. The molecule has 0 atom stereocenters. The van der Waals surface area contributed by atoms with Gasteiger partial charge in [0.1, 0.15) is 5.82 Å².